The number of benzene rings is 1. The Labute approximate surface area is 105 Å². The van der Waals surface area contributed by atoms with Crippen molar-refractivity contribution in [3.8, 4) is 0 Å². The fourth-order valence-corrected chi connectivity index (χ4v) is 2.61. The van der Waals surface area contributed by atoms with Crippen molar-refractivity contribution in [3.63, 3.8) is 0 Å². The third-order valence-electron chi connectivity index (χ3n) is 2.93. The van der Waals surface area contributed by atoms with Crippen molar-refractivity contribution in [2.24, 2.45) is 0 Å². The van der Waals surface area contributed by atoms with Crippen LogP contribution in [0.4, 0.5) is 4.39 Å². The molecule has 2 rings (SSSR count). The standard InChI is InChI=1S/C12H14FNO3S/c1-18(16,17)11-4-2-3-9(7-11)12(15)14-6-5-10(13)8-14/h2-4,7,10H,5-6,8H2,1H3/t10-/m0/s1. The van der Waals surface area contributed by atoms with Gasteiger partial charge in [0.1, 0.15) is 6.17 Å². The lowest BCUT2D eigenvalue weighted by atomic mass is 10.2. The van der Waals surface area contributed by atoms with Crippen LogP contribution in [-0.4, -0.2) is 44.7 Å². The molecule has 0 aliphatic carbocycles. The molecule has 1 aliphatic rings. The summed E-state index contributed by atoms with van der Waals surface area (Å²) >= 11 is 0. The second kappa shape index (κ2) is 4.68. The monoisotopic (exact) mass is 271 g/mol. The fourth-order valence-electron chi connectivity index (χ4n) is 1.94. The Morgan fingerprint density at radius 2 is 2.17 bits per heavy atom. The molecule has 1 heterocycles. The van der Waals surface area contributed by atoms with Gasteiger partial charge in [-0.2, -0.15) is 0 Å². The summed E-state index contributed by atoms with van der Waals surface area (Å²) in [5, 5.41) is 0. The van der Waals surface area contributed by atoms with E-state index in [0.29, 0.717) is 13.0 Å². The topological polar surface area (TPSA) is 54.5 Å². The summed E-state index contributed by atoms with van der Waals surface area (Å²) < 4.78 is 35.8. The largest absolute Gasteiger partial charge is 0.336 e. The molecule has 1 fully saturated rings. The minimum absolute atomic E-state index is 0.0853. The van der Waals surface area contributed by atoms with Crippen LogP contribution in [0.25, 0.3) is 0 Å². The van der Waals surface area contributed by atoms with Crippen LogP contribution in [0.3, 0.4) is 0 Å². The zero-order valence-corrected chi connectivity index (χ0v) is 10.8. The van der Waals surface area contributed by atoms with Crippen LogP contribution >= 0.6 is 0 Å². The Morgan fingerprint density at radius 3 is 2.72 bits per heavy atom. The van der Waals surface area contributed by atoms with Gasteiger partial charge in [-0.05, 0) is 24.6 Å². The van der Waals surface area contributed by atoms with Crippen LogP contribution in [0.1, 0.15) is 16.8 Å². The fraction of sp³-hybridized carbons (Fsp3) is 0.417. The van der Waals surface area contributed by atoms with E-state index >= 15 is 0 Å². The van der Waals surface area contributed by atoms with Crippen molar-refractivity contribution in [2.75, 3.05) is 19.3 Å². The first-order valence-electron chi connectivity index (χ1n) is 5.61. The number of halogens is 1. The van der Waals surface area contributed by atoms with E-state index in [0.717, 1.165) is 6.26 Å². The number of nitrogens with zero attached hydrogens (tertiary/aromatic N) is 1. The van der Waals surface area contributed by atoms with E-state index in [2.05, 4.69) is 0 Å². The molecule has 0 saturated carbocycles. The number of alkyl halides is 1. The van der Waals surface area contributed by atoms with Gasteiger partial charge in [-0.15, -0.1) is 0 Å². The number of likely N-dealkylation sites (tertiary alicyclic amines) is 1. The van der Waals surface area contributed by atoms with Gasteiger partial charge < -0.3 is 4.90 Å². The first kappa shape index (κ1) is 13.0. The Kier molecular flexibility index (Phi) is 3.38. The molecular formula is C12H14FNO3S. The van der Waals surface area contributed by atoms with E-state index in [9.17, 15) is 17.6 Å². The minimum atomic E-state index is -3.34. The summed E-state index contributed by atoms with van der Waals surface area (Å²) in [7, 11) is -3.34. The molecule has 0 radical (unpaired) electrons. The maximum Gasteiger partial charge on any atom is 0.253 e. The van der Waals surface area contributed by atoms with Crippen molar-refractivity contribution in [2.45, 2.75) is 17.5 Å². The normalized spacial score (nSPS) is 20.1. The third kappa shape index (κ3) is 2.69. The first-order chi connectivity index (χ1) is 8.38. The summed E-state index contributed by atoms with van der Waals surface area (Å²) in [6.45, 7) is 0.463. The van der Waals surface area contributed by atoms with Gasteiger partial charge in [-0.1, -0.05) is 6.07 Å². The Morgan fingerprint density at radius 1 is 1.44 bits per heavy atom. The van der Waals surface area contributed by atoms with Crippen molar-refractivity contribution >= 4 is 15.7 Å². The maximum atomic E-state index is 13.0. The highest BCUT2D eigenvalue weighted by molar-refractivity contribution is 7.90. The highest BCUT2D eigenvalue weighted by Crippen LogP contribution is 2.18. The molecule has 1 aliphatic heterocycles. The highest BCUT2D eigenvalue weighted by atomic mass is 32.2. The second-order valence-corrected chi connectivity index (χ2v) is 6.45. The molecule has 0 bridgehead atoms. The highest BCUT2D eigenvalue weighted by Gasteiger charge is 2.26. The van der Waals surface area contributed by atoms with Crippen LogP contribution in [-0.2, 0) is 9.84 Å². The van der Waals surface area contributed by atoms with Gasteiger partial charge in [-0.3, -0.25) is 4.79 Å². The van der Waals surface area contributed by atoms with Gasteiger partial charge >= 0.3 is 0 Å². The van der Waals surface area contributed by atoms with Gasteiger partial charge in [0.2, 0.25) is 0 Å². The lowest BCUT2D eigenvalue weighted by Crippen LogP contribution is -2.29. The van der Waals surface area contributed by atoms with E-state index in [1.54, 1.807) is 6.07 Å². The molecule has 98 valence electrons. The Hall–Kier alpha value is -1.43. The summed E-state index contributed by atoms with van der Waals surface area (Å²) in [5.74, 6) is -0.319. The molecule has 0 spiro atoms. The van der Waals surface area contributed by atoms with Gasteiger partial charge in [0.25, 0.3) is 5.91 Å². The van der Waals surface area contributed by atoms with Crippen LogP contribution in [0.5, 0.6) is 0 Å². The van der Waals surface area contributed by atoms with Crippen molar-refractivity contribution < 1.29 is 17.6 Å². The number of hydrogen-bond donors (Lipinski definition) is 0. The van der Waals surface area contributed by atoms with Crippen molar-refractivity contribution in [3.05, 3.63) is 29.8 Å². The van der Waals surface area contributed by atoms with E-state index in [-0.39, 0.29) is 22.9 Å². The molecule has 1 atom stereocenters. The van der Waals surface area contributed by atoms with Crippen LogP contribution < -0.4 is 0 Å². The molecule has 0 unspecified atom stereocenters. The third-order valence-corrected chi connectivity index (χ3v) is 4.04. The molecule has 6 heteroatoms. The van der Waals surface area contributed by atoms with E-state index in [1.807, 2.05) is 0 Å². The summed E-state index contributed by atoms with van der Waals surface area (Å²) in [5.41, 5.74) is 0.284. The lowest BCUT2D eigenvalue weighted by Gasteiger charge is -2.15. The summed E-state index contributed by atoms with van der Waals surface area (Å²) in [6.07, 6.45) is 0.452. The number of carbonyl (C=O) groups excluding carboxylic acids is 1. The molecule has 1 amide bonds. The van der Waals surface area contributed by atoms with Gasteiger partial charge in [0, 0.05) is 18.4 Å². The molecule has 1 saturated heterocycles. The number of sulfone groups is 1. The average molecular weight is 271 g/mol. The quantitative estimate of drug-likeness (QED) is 0.814. The predicted molar refractivity (Wildman–Crippen MR) is 65.0 cm³/mol. The smallest absolute Gasteiger partial charge is 0.253 e. The van der Waals surface area contributed by atoms with Gasteiger partial charge in [-0.25, -0.2) is 12.8 Å². The number of hydrogen-bond acceptors (Lipinski definition) is 3. The zero-order chi connectivity index (χ0) is 13.3. The van der Waals surface area contributed by atoms with E-state index in [4.69, 9.17) is 0 Å². The van der Waals surface area contributed by atoms with Crippen LogP contribution in [0.2, 0.25) is 0 Å². The molecular weight excluding hydrogens is 257 g/mol. The van der Waals surface area contributed by atoms with E-state index < -0.39 is 16.0 Å². The van der Waals surface area contributed by atoms with Crippen molar-refractivity contribution in [1.82, 2.24) is 4.90 Å². The van der Waals surface area contributed by atoms with E-state index in [1.165, 1.54) is 23.1 Å². The maximum absolute atomic E-state index is 13.0. The molecule has 18 heavy (non-hydrogen) atoms. The van der Waals surface area contributed by atoms with Gasteiger partial charge in [0.05, 0.1) is 11.4 Å². The number of carbonyl (C=O) groups is 1. The Balaban J connectivity index is 2.26. The minimum Gasteiger partial charge on any atom is -0.336 e. The lowest BCUT2D eigenvalue weighted by molar-refractivity contribution is 0.0782. The molecule has 0 N–H and O–H groups in total. The average Bonchev–Trinajstić information content (AvgIpc) is 2.74. The molecule has 1 aromatic carbocycles. The van der Waals surface area contributed by atoms with Crippen LogP contribution in [0.15, 0.2) is 29.2 Å². The zero-order valence-electron chi connectivity index (χ0n) is 9.97. The van der Waals surface area contributed by atoms with Crippen LogP contribution in [0, 0.1) is 0 Å². The number of rotatable bonds is 2. The first-order valence-corrected chi connectivity index (χ1v) is 7.50. The second-order valence-electron chi connectivity index (χ2n) is 4.44. The SMILES string of the molecule is CS(=O)(=O)c1cccc(C(=O)N2CC[C@H](F)C2)c1. The summed E-state index contributed by atoms with van der Waals surface area (Å²) in [4.78, 5) is 13.5. The Bertz CT molecular complexity index is 570. The molecule has 1 aromatic rings. The molecule has 0 aromatic heterocycles. The number of amides is 1. The molecule has 4 nitrogen and oxygen atoms in total. The van der Waals surface area contributed by atoms with Crippen molar-refractivity contribution in [1.29, 1.82) is 0 Å². The summed E-state index contributed by atoms with van der Waals surface area (Å²) in [6, 6.07) is 5.84. The predicted octanol–water partition coefficient (Wildman–Crippen LogP) is 1.27. The van der Waals surface area contributed by atoms with Gasteiger partial charge in [0.15, 0.2) is 9.84 Å².